The van der Waals surface area contributed by atoms with Crippen molar-refractivity contribution in [3.63, 3.8) is 0 Å². The Morgan fingerprint density at radius 1 is 1.29 bits per heavy atom. The third kappa shape index (κ3) is 4.84. The molecule has 0 bridgehead atoms. The van der Waals surface area contributed by atoms with Gasteiger partial charge in [0.1, 0.15) is 0 Å². The summed E-state index contributed by atoms with van der Waals surface area (Å²) in [6.07, 6.45) is -0.0960. The third-order valence-electron chi connectivity index (χ3n) is 1.92. The van der Waals surface area contributed by atoms with Crippen molar-refractivity contribution in [1.82, 2.24) is 4.90 Å². The van der Waals surface area contributed by atoms with Crippen LogP contribution in [0, 0.1) is 11.8 Å². The Morgan fingerprint density at radius 3 is 2.14 bits per heavy atom. The maximum atomic E-state index is 11.6. The van der Waals surface area contributed by atoms with Crippen LogP contribution in [-0.4, -0.2) is 35.5 Å². The standard InChI is InChI=1S/C10H19NO3/c1-7(2)6-11(4)10(14)8(3)5-9(12)13/h7-8H,5-6H2,1-4H3,(H,12,13). The number of rotatable bonds is 5. The molecule has 4 nitrogen and oxygen atoms in total. The van der Waals surface area contributed by atoms with E-state index in [9.17, 15) is 9.59 Å². The van der Waals surface area contributed by atoms with E-state index in [4.69, 9.17) is 5.11 Å². The molecule has 0 spiro atoms. The first kappa shape index (κ1) is 12.9. The molecule has 4 heteroatoms. The van der Waals surface area contributed by atoms with Gasteiger partial charge < -0.3 is 10.0 Å². The number of aliphatic carboxylic acids is 1. The van der Waals surface area contributed by atoms with Crippen molar-refractivity contribution in [1.29, 1.82) is 0 Å². The smallest absolute Gasteiger partial charge is 0.304 e. The van der Waals surface area contributed by atoms with Crippen LogP contribution in [0.3, 0.4) is 0 Å². The number of hydrogen-bond donors (Lipinski definition) is 1. The van der Waals surface area contributed by atoms with Gasteiger partial charge in [0.25, 0.3) is 0 Å². The fraction of sp³-hybridized carbons (Fsp3) is 0.800. The monoisotopic (exact) mass is 201 g/mol. The van der Waals surface area contributed by atoms with Gasteiger partial charge in [-0.15, -0.1) is 0 Å². The van der Waals surface area contributed by atoms with Crippen molar-refractivity contribution >= 4 is 11.9 Å². The molecule has 0 aliphatic rings. The van der Waals surface area contributed by atoms with E-state index in [1.807, 2.05) is 13.8 Å². The first-order valence-electron chi connectivity index (χ1n) is 4.81. The number of carbonyl (C=O) groups excluding carboxylic acids is 1. The van der Waals surface area contributed by atoms with Gasteiger partial charge in [-0.05, 0) is 5.92 Å². The molecule has 0 fully saturated rings. The molecule has 0 aromatic heterocycles. The second kappa shape index (κ2) is 5.62. The number of amides is 1. The highest BCUT2D eigenvalue weighted by molar-refractivity contribution is 5.82. The maximum Gasteiger partial charge on any atom is 0.304 e. The first-order chi connectivity index (χ1) is 6.34. The van der Waals surface area contributed by atoms with Crippen LogP contribution in [0.1, 0.15) is 27.2 Å². The van der Waals surface area contributed by atoms with Gasteiger partial charge >= 0.3 is 5.97 Å². The Kier molecular flexibility index (Phi) is 5.20. The molecule has 0 aliphatic heterocycles. The lowest BCUT2D eigenvalue weighted by atomic mass is 10.1. The molecule has 82 valence electrons. The summed E-state index contributed by atoms with van der Waals surface area (Å²) in [5.41, 5.74) is 0. The Labute approximate surface area is 84.9 Å². The molecule has 1 amide bonds. The zero-order valence-corrected chi connectivity index (χ0v) is 9.28. The van der Waals surface area contributed by atoms with Gasteiger partial charge in [-0.25, -0.2) is 0 Å². The Hall–Kier alpha value is -1.06. The van der Waals surface area contributed by atoms with Gasteiger partial charge in [0.2, 0.25) is 5.91 Å². The van der Waals surface area contributed by atoms with E-state index in [0.717, 1.165) is 0 Å². The number of nitrogens with zero attached hydrogens (tertiary/aromatic N) is 1. The highest BCUT2D eigenvalue weighted by Crippen LogP contribution is 2.07. The molecule has 14 heavy (non-hydrogen) atoms. The first-order valence-corrected chi connectivity index (χ1v) is 4.81. The molecule has 0 saturated carbocycles. The minimum atomic E-state index is -0.927. The van der Waals surface area contributed by atoms with Crippen LogP contribution in [0.2, 0.25) is 0 Å². The average molecular weight is 201 g/mol. The van der Waals surface area contributed by atoms with Crippen molar-refractivity contribution in [3.05, 3.63) is 0 Å². The maximum absolute atomic E-state index is 11.6. The molecule has 0 radical (unpaired) electrons. The highest BCUT2D eigenvalue weighted by atomic mass is 16.4. The van der Waals surface area contributed by atoms with Crippen molar-refractivity contribution in [3.8, 4) is 0 Å². The molecule has 0 heterocycles. The second-order valence-electron chi connectivity index (χ2n) is 4.11. The molecule has 1 N–H and O–H groups in total. The number of carboxylic acids is 1. The Morgan fingerprint density at radius 2 is 1.79 bits per heavy atom. The van der Waals surface area contributed by atoms with E-state index >= 15 is 0 Å². The Bertz CT molecular complexity index is 213. The topological polar surface area (TPSA) is 57.6 Å². The lowest BCUT2D eigenvalue weighted by Gasteiger charge is -2.22. The number of carbonyl (C=O) groups is 2. The van der Waals surface area contributed by atoms with Gasteiger partial charge in [-0.2, -0.15) is 0 Å². The van der Waals surface area contributed by atoms with E-state index in [0.29, 0.717) is 12.5 Å². The summed E-state index contributed by atoms with van der Waals surface area (Å²) in [4.78, 5) is 23.6. The Balaban J connectivity index is 4.10. The predicted molar refractivity (Wildman–Crippen MR) is 53.9 cm³/mol. The van der Waals surface area contributed by atoms with Gasteiger partial charge in [0.15, 0.2) is 0 Å². The summed E-state index contributed by atoms with van der Waals surface area (Å²) in [5.74, 6) is -1.05. The number of carboxylic acid groups (broad SMARTS) is 1. The van der Waals surface area contributed by atoms with E-state index in [1.54, 1.807) is 18.9 Å². The van der Waals surface area contributed by atoms with Crippen molar-refractivity contribution < 1.29 is 14.7 Å². The molecule has 0 aromatic carbocycles. The van der Waals surface area contributed by atoms with Crippen LogP contribution in [0.25, 0.3) is 0 Å². The molecule has 0 aromatic rings. The zero-order chi connectivity index (χ0) is 11.3. The second-order valence-corrected chi connectivity index (χ2v) is 4.11. The van der Waals surface area contributed by atoms with Crippen molar-refractivity contribution in [2.75, 3.05) is 13.6 Å². The molecule has 0 saturated heterocycles. The lowest BCUT2D eigenvalue weighted by Crippen LogP contribution is -2.35. The fourth-order valence-electron chi connectivity index (χ4n) is 1.36. The molecule has 1 atom stereocenters. The van der Waals surface area contributed by atoms with Crippen LogP contribution in [0.15, 0.2) is 0 Å². The number of hydrogen-bond acceptors (Lipinski definition) is 2. The molecule has 1 unspecified atom stereocenters. The van der Waals surface area contributed by atoms with E-state index in [-0.39, 0.29) is 12.3 Å². The average Bonchev–Trinajstić information content (AvgIpc) is 2.00. The van der Waals surface area contributed by atoms with Gasteiger partial charge in [0.05, 0.1) is 6.42 Å². The minimum absolute atomic E-state index is 0.0960. The third-order valence-corrected chi connectivity index (χ3v) is 1.92. The van der Waals surface area contributed by atoms with Gasteiger partial charge in [0, 0.05) is 19.5 Å². The summed E-state index contributed by atoms with van der Waals surface area (Å²) in [5, 5.41) is 8.53. The lowest BCUT2D eigenvalue weighted by molar-refractivity contribution is -0.143. The molecular weight excluding hydrogens is 182 g/mol. The normalized spacial score (nSPS) is 12.6. The van der Waals surface area contributed by atoms with Crippen molar-refractivity contribution in [2.24, 2.45) is 11.8 Å². The fourth-order valence-corrected chi connectivity index (χ4v) is 1.36. The molecule has 0 aliphatic carbocycles. The minimum Gasteiger partial charge on any atom is -0.481 e. The summed E-state index contributed by atoms with van der Waals surface area (Å²) in [7, 11) is 1.71. The van der Waals surface area contributed by atoms with E-state index in [1.165, 1.54) is 0 Å². The quantitative estimate of drug-likeness (QED) is 0.727. The van der Waals surface area contributed by atoms with Crippen LogP contribution in [0.4, 0.5) is 0 Å². The van der Waals surface area contributed by atoms with Crippen LogP contribution < -0.4 is 0 Å². The van der Waals surface area contributed by atoms with E-state index < -0.39 is 11.9 Å². The summed E-state index contributed by atoms with van der Waals surface area (Å²) in [6.45, 7) is 6.35. The van der Waals surface area contributed by atoms with Gasteiger partial charge in [-0.1, -0.05) is 20.8 Å². The largest absolute Gasteiger partial charge is 0.481 e. The van der Waals surface area contributed by atoms with Crippen LogP contribution in [-0.2, 0) is 9.59 Å². The summed E-state index contributed by atoms with van der Waals surface area (Å²) >= 11 is 0. The van der Waals surface area contributed by atoms with E-state index in [2.05, 4.69) is 0 Å². The highest BCUT2D eigenvalue weighted by Gasteiger charge is 2.20. The SMILES string of the molecule is CC(C)CN(C)C(=O)C(C)CC(=O)O. The van der Waals surface area contributed by atoms with Crippen LogP contribution in [0.5, 0.6) is 0 Å². The van der Waals surface area contributed by atoms with Crippen molar-refractivity contribution in [2.45, 2.75) is 27.2 Å². The molecule has 0 rings (SSSR count). The van der Waals surface area contributed by atoms with Gasteiger partial charge in [-0.3, -0.25) is 9.59 Å². The summed E-state index contributed by atoms with van der Waals surface area (Å²) < 4.78 is 0. The predicted octanol–water partition coefficient (Wildman–Crippen LogP) is 1.21. The summed E-state index contributed by atoms with van der Waals surface area (Å²) in [6, 6.07) is 0. The van der Waals surface area contributed by atoms with Crippen LogP contribution >= 0.6 is 0 Å². The zero-order valence-electron chi connectivity index (χ0n) is 9.28. The molecular formula is C10H19NO3.